The highest BCUT2D eigenvalue weighted by Crippen LogP contribution is 2.27. The minimum Gasteiger partial charge on any atom is -0.478 e. The average Bonchev–Trinajstić information content (AvgIpc) is 2.28. The number of aryl methyl sites for hydroxylation is 1. The molecule has 0 atom stereocenters. The standard InChI is InChI=1S/C14H11ClO3/c1-9-3-2-4-10(7-9)18-11-5-6-12(14(16)17)13(15)8-11/h2-8H,1H3,(H,16,17). The molecule has 0 spiro atoms. The number of carboxylic acids is 1. The van der Waals surface area contributed by atoms with Gasteiger partial charge in [-0.1, -0.05) is 23.7 Å². The predicted molar refractivity (Wildman–Crippen MR) is 69.7 cm³/mol. The molecule has 0 heterocycles. The molecule has 0 saturated carbocycles. The molecule has 0 bridgehead atoms. The third kappa shape index (κ3) is 2.81. The summed E-state index contributed by atoms with van der Waals surface area (Å²) in [6.45, 7) is 1.97. The third-order valence-electron chi connectivity index (χ3n) is 2.40. The van der Waals surface area contributed by atoms with Crippen molar-refractivity contribution in [1.82, 2.24) is 0 Å². The Morgan fingerprint density at radius 2 is 1.89 bits per heavy atom. The summed E-state index contributed by atoms with van der Waals surface area (Å²) in [5.74, 6) is 0.145. The van der Waals surface area contributed by atoms with Crippen molar-refractivity contribution in [2.75, 3.05) is 0 Å². The summed E-state index contributed by atoms with van der Waals surface area (Å²) in [5.41, 5.74) is 1.15. The van der Waals surface area contributed by atoms with E-state index in [4.69, 9.17) is 21.4 Å². The van der Waals surface area contributed by atoms with Gasteiger partial charge in [-0.3, -0.25) is 0 Å². The Hall–Kier alpha value is -2.00. The summed E-state index contributed by atoms with van der Waals surface area (Å²) in [5, 5.41) is 9.02. The molecular formula is C14H11ClO3. The van der Waals surface area contributed by atoms with Crippen LogP contribution in [0.4, 0.5) is 0 Å². The third-order valence-corrected chi connectivity index (χ3v) is 2.71. The lowest BCUT2D eigenvalue weighted by Gasteiger charge is -2.07. The number of halogens is 1. The van der Waals surface area contributed by atoms with Gasteiger partial charge in [0.2, 0.25) is 0 Å². The van der Waals surface area contributed by atoms with Gasteiger partial charge in [0.15, 0.2) is 0 Å². The van der Waals surface area contributed by atoms with E-state index in [2.05, 4.69) is 0 Å². The topological polar surface area (TPSA) is 46.5 Å². The average molecular weight is 263 g/mol. The fraction of sp³-hybridized carbons (Fsp3) is 0.0714. The molecule has 0 aliphatic carbocycles. The number of hydrogen-bond acceptors (Lipinski definition) is 2. The zero-order valence-electron chi connectivity index (χ0n) is 9.68. The van der Waals surface area contributed by atoms with Crippen LogP contribution in [0.3, 0.4) is 0 Å². The Kier molecular flexibility index (Phi) is 3.53. The largest absolute Gasteiger partial charge is 0.478 e. The van der Waals surface area contributed by atoms with Gasteiger partial charge in [0.25, 0.3) is 0 Å². The summed E-state index contributed by atoms with van der Waals surface area (Å²) < 4.78 is 5.60. The molecule has 4 heteroatoms. The van der Waals surface area contributed by atoms with Gasteiger partial charge in [-0.15, -0.1) is 0 Å². The maximum Gasteiger partial charge on any atom is 0.337 e. The normalized spacial score (nSPS) is 10.1. The molecule has 2 rings (SSSR count). The van der Waals surface area contributed by atoms with E-state index in [1.165, 1.54) is 12.1 Å². The van der Waals surface area contributed by atoms with Gasteiger partial charge >= 0.3 is 5.97 Å². The first-order valence-corrected chi connectivity index (χ1v) is 5.71. The summed E-state index contributed by atoms with van der Waals surface area (Å²) in [6, 6.07) is 12.1. The van der Waals surface area contributed by atoms with Crippen LogP contribution < -0.4 is 4.74 Å². The number of hydrogen-bond donors (Lipinski definition) is 1. The van der Waals surface area contributed by atoms with E-state index in [0.29, 0.717) is 11.5 Å². The number of aromatic carboxylic acids is 1. The number of carbonyl (C=O) groups is 1. The van der Waals surface area contributed by atoms with E-state index >= 15 is 0 Å². The van der Waals surface area contributed by atoms with Crippen molar-refractivity contribution >= 4 is 17.6 Å². The minimum atomic E-state index is -1.05. The second-order valence-electron chi connectivity index (χ2n) is 3.87. The van der Waals surface area contributed by atoms with E-state index in [-0.39, 0.29) is 10.6 Å². The Bertz CT molecular complexity index is 593. The van der Waals surface area contributed by atoms with Gasteiger partial charge in [0.1, 0.15) is 11.5 Å². The van der Waals surface area contributed by atoms with Crippen LogP contribution in [0.5, 0.6) is 11.5 Å². The summed E-state index contributed by atoms with van der Waals surface area (Å²) in [6.07, 6.45) is 0. The number of carboxylic acid groups (broad SMARTS) is 1. The van der Waals surface area contributed by atoms with E-state index in [1.807, 2.05) is 31.2 Å². The molecule has 0 saturated heterocycles. The van der Waals surface area contributed by atoms with E-state index in [0.717, 1.165) is 5.56 Å². The minimum absolute atomic E-state index is 0.0632. The quantitative estimate of drug-likeness (QED) is 0.904. The first-order valence-electron chi connectivity index (χ1n) is 5.33. The Morgan fingerprint density at radius 3 is 2.50 bits per heavy atom. The van der Waals surface area contributed by atoms with Crippen LogP contribution in [0.2, 0.25) is 5.02 Å². The van der Waals surface area contributed by atoms with Gasteiger partial charge in [-0.25, -0.2) is 4.79 Å². The van der Waals surface area contributed by atoms with Crippen molar-refractivity contribution in [2.24, 2.45) is 0 Å². The monoisotopic (exact) mass is 262 g/mol. The van der Waals surface area contributed by atoms with Gasteiger partial charge in [0.05, 0.1) is 10.6 Å². The molecule has 0 unspecified atom stereocenters. The molecule has 0 amide bonds. The molecule has 2 aromatic rings. The molecule has 3 nitrogen and oxygen atoms in total. The highest BCUT2D eigenvalue weighted by Gasteiger charge is 2.09. The van der Waals surface area contributed by atoms with Crippen molar-refractivity contribution in [3.05, 3.63) is 58.6 Å². The van der Waals surface area contributed by atoms with Crippen LogP contribution in [0.1, 0.15) is 15.9 Å². The molecule has 0 aromatic heterocycles. The number of ether oxygens (including phenoxy) is 1. The Labute approximate surface area is 110 Å². The van der Waals surface area contributed by atoms with Crippen LogP contribution in [-0.4, -0.2) is 11.1 Å². The summed E-state index contributed by atoms with van der Waals surface area (Å²) in [4.78, 5) is 10.8. The first-order chi connectivity index (χ1) is 8.56. The van der Waals surface area contributed by atoms with Crippen molar-refractivity contribution in [3.8, 4) is 11.5 Å². The maximum atomic E-state index is 10.8. The SMILES string of the molecule is Cc1cccc(Oc2ccc(C(=O)O)c(Cl)c2)c1. The van der Waals surface area contributed by atoms with Crippen LogP contribution in [0, 0.1) is 6.92 Å². The molecule has 0 aliphatic heterocycles. The lowest BCUT2D eigenvalue weighted by Crippen LogP contribution is -1.97. The van der Waals surface area contributed by atoms with E-state index < -0.39 is 5.97 Å². The highest BCUT2D eigenvalue weighted by atomic mass is 35.5. The molecular weight excluding hydrogens is 252 g/mol. The van der Waals surface area contributed by atoms with Gasteiger partial charge in [-0.05, 0) is 36.8 Å². The molecule has 2 aromatic carbocycles. The predicted octanol–water partition coefficient (Wildman–Crippen LogP) is 4.14. The fourth-order valence-corrected chi connectivity index (χ4v) is 1.80. The van der Waals surface area contributed by atoms with Crippen molar-refractivity contribution in [2.45, 2.75) is 6.92 Å². The molecule has 0 fully saturated rings. The number of benzene rings is 2. The zero-order valence-corrected chi connectivity index (χ0v) is 10.4. The van der Waals surface area contributed by atoms with Crippen molar-refractivity contribution in [3.63, 3.8) is 0 Å². The zero-order chi connectivity index (χ0) is 13.1. The summed E-state index contributed by atoms with van der Waals surface area (Å²) in [7, 11) is 0. The highest BCUT2D eigenvalue weighted by molar-refractivity contribution is 6.33. The number of rotatable bonds is 3. The van der Waals surface area contributed by atoms with E-state index in [9.17, 15) is 4.79 Å². The van der Waals surface area contributed by atoms with Crippen LogP contribution in [-0.2, 0) is 0 Å². The molecule has 1 N–H and O–H groups in total. The van der Waals surface area contributed by atoms with Crippen molar-refractivity contribution in [1.29, 1.82) is 0 Å². The Balaban J connectivity index is 2.25. The lowest BCUT2D eigenvalue weighted by atomic mass is 10.2. The molecule has 0 aliphatic rings. The van der Waals surface area contributed by atoms with Gasteiger partial charge < -0.3 is 9.84 Å². The summed E-state index contributed by atoms with van der Waals surface area (Å²) >= 11 is 5.86. The second kappa shape index (κ2) is 5.10. The second-order valence-corrected chi connectivity index (χ2v) is 4.27. The van der Waals surface area contributed by atoms with Gasteiger partial charge in [0, 0.05) is 6.07 Å². The smallest absolute Gasteiger partial charge is 0.337 e. The molecule has 92 valence electrons. The van der Waals surface area contributed by atoms with Crippen LogP contribution in [0.25, 0.3) is 0 Å². The first kappa shape index (κ1) is 12.5. The van der Waals surface area contributed by atoms with Crippen LogP contribution in [0.15, 0.2) is 42.5 Å². The van der Waals surface area contributed by atoms with E-state index in [1.54, 1.807) is 6.07 Å². The Morgan fingerprint density at radius 1 is 1.17 bits per heavy atom. The van der Waals surface area contributed by atoms with Crippen LogP contribution >= 0.6 is 11.6 Å². The van der Waals surface area contributed by atoms with Crippen molar-refractivity contribution < 1.29 is 14.6 Å². The maximum absolute atomic E-state index is 10.8. The fourth-order valence-electron chi connectivity index (χ4n) is 1.55. The molecule has 18 heavy (non-hydrogen) atoms. The van der Waals surface area contributed by atoms with Gasteiger partial charge in [-0.2, -0.15) is 0 Å². The lowest BCUT2D eigenvalue weighted by molar-refractivity contribution is 0.0697. The molecule has 0 radical (unpaired) electrons.